The molecular weight excluding hydrogens is 172 g/mol. The first kappa shape index (κ1) is 13.0. The van der Waals surface area contributed by atoms with Gasteiger partial charge >= 0.3 is 0 Å². The van der Waals surface area contributed by atoms with Crippen LogP contribution in [0.3, 0.4) is 0 Å². The van der Waals surface area contributed by atoms with Crippen molar-refractivity contribution < 1.29 is 20.2 Å². The second-order valence-electron chi connectivity index (χ2n) is 2.15. The molecule has 72 valence electrons. The van der Waals surface area contributed by atoms with E-state index in [-0.39, 0.29) is 12.5 Å². The normalized spacial score (nSPS) is 8.25. The maximum Gasteiger partial charge on any atom is 0.294 e. The number of rotatable bonds is 3. The molecule has 0 aliphatic heterocycles. The molecule has 0 aliphatic carbocycles. The predicted octanol–water partition coefficient (Wildman–Crippen LogP) is 0.503. The van der Waals surface area contributed by atoms with Gasteiger partial charge in [-0.3, -0.25) is 0 Å². The molecule has 0 radical (unpaired) electrons. The lowest BCUT2D eigenvalue weighted by atomic mass is 10.2. The Morgan fingerprint density at radius 1 is 1.42 bits per heavy atom. The first-order valence-corrected chi connectivity index (χ1v) is 2.96. The molecule has 1 N–H and O–H groups in total. The molecule has 0 spiro atoms. The SMILES string of the molecule is CC(C)CO[N+](=O)[O-].O=[N+]([O-])O. The summed E-state index contributed by atoms with van der Waals surface area (Å²) in [6.07, 6.45) is 0. The summed E-state index contributed by atoms with van der Waals surface area (Å²) in [4.78, 5) is 21.9. The summed E-state index contributed by atoms with van der Waals surface area (Å²) in [7, 11) is 0. The van der Waals surface area contributed by atoms with Crippen molar-refractivity contribution in [3.05, 3.63) is 20.2 Å². The fourth-order valence-corrected chi connectivity index (χ4v) is 0.210. The first-order valence-electron chi connectivity index (χ1n) is 2.96. The van der Waals surface area contributed by atoms with E-state index in [4.69, 9.17) is 15.3 Å². The van der Waals surface area contributed by atoms with Crippen molar-refractivity contribution in [1.82, 2.24) is 0 Å². The molecule has 8 nitrogen and oxygen atoms in total. The van der Waals surface area contributed by atoms with Gasteiger partial charge in [0.15, 0.2) is 0 Å². The fraction of sp³-hybridized carbons (Fsp3) is 1.00. The fourth-order valence-electron chi connectivity index (χ4n) is 0.210. The van der Waals surface area contributed by atoms with E-state index in [0.717, 1.165) is 0 Å². The molecule has 0 saturated carbocycles. The maximum absolute atomic E-state index is 9.49. The predicted molar refractivity (Wildman–Crippen MR) is 36.6 cm³/mol. The highest BCUT2D eigenvalue weighted by Gasteiger charge is 1.96. The molecule has 0 bridgehead atoms. The zero-order valence-corrected chi connectivity index (χ0v) is 6.67. The van der Waals surface area contributed by atoms with Crippen LogP contribution in [0.2, 0.25) is 0 Å². The van der Waals surface area contributed by atoms with Crippen LogP contribution in [0.1, 0.15) is 13.8 Å². The summed E-state index contributed by atoms with van der Waals surface area (Å²) in [6.45, 7) is 3.89. The Balaban J connectivity index is 0. The van der Waals surface area contributed by atoms with Crippen LogP contribution in [-0.2, 0) is 4.84 Å². The Hall–Kier alpha value is -1.60. The van der Waals surface area contributed by atoms with Gasteiger partial charge in [0.05, 0.1) is 6.61 Å². The zero-order valence-electron chi connectivity index (χ0n) is 6.67. The lowest BCUT2D eigenvalue weighted by Gasteiger charge is -1.99. The molecule has 0 unspecified atom stereocenters. The molecule has 0 aromatic rings. The average molecular weight is 182 g/mol. The summed E-state index contributed by atoms with van der Waals surface area (Å²) in [5.74, 6) is 0.223. The van der Waals surface area contributed by atoms with Crippen LogP contribution in [0.5, 0.6) is 0 Å². The van der Waals surface area contributed by atoms with Gasteiger partial charge in [0.25, 0.3) is 10.2 Å². The summed E-state index contributed by atoms with van der Waals surface area (Å²) >= 11 is 0. The summed E-state index contributed by atoms with van der Waals surface area (Å²) in [5, 5.41) is 22.3. The van der Waals surface area contributed by atoms with E-state index < -0.39 is 10.2 Å². The topological polar surface area (TPSA) is 116 Å². The van der Waals surface area contributed by atoms with Crippen LogP contribution in [0.25, 0.3) is 0 Å². The van der Waals surface area contributed by atoms with E-state index in [0.29, 0.717) is 0 Å². The van der Waals surface area contributed by atoms with Crippen LogP contribution >= 0.6 is 0 Å². The van der Waals surface area contributed by atoms with Crippen molar-refractivity contribution in [2.24, 2.45) is 5.92 Å². The molecule has 8 heteroatoms. The molecule has 0 amide bonds. The number of nitrogens with zero attached hydrogens (tertiary/aromatic N) is 2. The van der Waals surface area contributed by atoms with Gasteiger partial charge in [0, 0.05) is 0 Å². The Morgan fingerprint density at radius 3 is 1.83 bits per heavy atom. The third kappa shape index (κ3) is 39.8. The van der Waals surface area contributed by atoms with Crippen molar-refractivity contribution >= 4 is 0 Å². The molecule has 12 heavy (non-hydrogen) atoms. The second kappa shape index (κ2) is 7.51. The van der Waals surface area contributed by atoms with Crippen LogP contribution in [0.4, 0.5) is 0 Å². The van der Waals surface area contributed by atoms with E-state index in [1.165, 1.54) is 0 Å². The summed E-state index contributed by atoms with van der Waals surface area (Å²) < 4.78 is 0. The Bertz CT molecular complexity index is 142. The van der Waals surface area contributed by atoms with E-state index >= 15 is 0 Å². The van der Waals surface area contributed by atoms with Gasteiger partial charge in [-0.25, -0.2) is 0 Å². The quantitative estimate of drug-likeness (QED) is 0.501. The molecule has 0 atom stereocenters. The molecule has 0 fully saturated rings. The monoisotopic (exact) mass is 182 g/mol. The Kier molecular flexibility index (Phi) is 8.15. The van der Waals surface area contributed by atoms with Gasteiger partial charge in [-0.15, -0.1) is 20.2 Å². The molecule has 0 aromatic carbocycles. The molecular formula is C4H10N2O6. The van der Waals surface area contributed by atoms with E-state index in [1.807, 2.05) is 13.8 Å². The minimum Gasteiger partial charge on any atom is -0.328 e. The zero-order chi connectivity index (χ0) is 10.1. The molecule has 0 aliphatic rings. The highest BCUT2D eigenvalue weighted by atomic mass is 16.9. The van der Waals surface area contributed by atoms with Gasteiger partial charge in [-0.2, -0.15) is 0 Å². The van der Waals surface area contributed by atoms with Crippen molar-refractivity contribution in [1.29, 1.82) is 0 Å². The Labute approximate surface area is 68.0 Å². The first-order chi connectivity index (χ1) is 5.36. The second-order valence-corrected chi connectivity index (χ2v) is 2.15. The van der Waals surface area contributed by atoms with Crippen LogP contribution in [0.15, 0.2) is 0 Å². The van der Waals surface area contributed by atoms with Crippen LogP contribution in [-0.4, -0.2) is 22.0 Å². The minimum absolute atomic E-state index is 0.188. The number of hydrogen-bond acceptors (Lipinski definition) is 5. The average Bonchev–Trinajstić information content (AvgIpc) is 1.82. The smallest absolute Gasteiger partial charge is 0.294 e. The standard InChI is InChI=1S/C4H9NO3.HNO3/c1-4(2)3-8-5(6)7;2-1(3)4/h4H,3H2,1-2H3;(H,2,3,4). The Morgan fingerprint density at radius 2 is 1.75 bits per heavy atom. The van der Waals surface area contributed by atoms with Gasteiger partial charge in [0.1, 0.15) is 0 Å². The maximum atomic E-state index is 9.49. The van der Waals surface area contributed by atoms with Crippen LogP contribution in [0, 0.1) is 26.1 Å². The lowest BCUT2D eigenvalue weighted by molar-refractivity contribution is -0.759. The van der Waals surface area contributed by atoms with Gasteiger partial charge < -0.3 is 10.0 Å². The van der Waals surface area contributed by atoms with E-state index in [9.17, 15) is 10.1 Å². The van der Waals surface area contributed by atoms with Gasteiger partial charge in [0.2, 0.25) is 0 Å². The largest absolute Gasteiger partial charge is 0.328 e. The van der Waals surface area contributed by atoms with Crippen molar-refractivity contribution in [2.75, 3.05) is 6.61 Å². The number of hydrogen-bond donors (Lipinski definition) is 1. The van der Waals surface area contributed by atoms with Crippen molar-refractivity contribution in [3.63, 3.8) is 0 Å². The minimum atomic E-state index is -1.50. The summed E-state index contributed by atoms with van der Waals surface area (Å²) in [5.41, 5.74) is 0. The highest BCUT2D eigenvalue weighted by molar-refractivity contribution is 4.34. The summed E-state index contributed by atoms with van der Waals surface area (Å²) in [6, 6.07) is 0. The van der Waals surface area contributed by atoms with Gasteiger partial charge in [-0.05, 0) is 5.92 Å². The van der Waals surface area contributed by atoms with Crippen LogP contribution < -0.4 is 0 Å². The molecule has 0 aromatic heterocycles. The van der Waals surface area contributed by atoms with E-state index in [1.54, 1.807) is 0 Å². The molecule has 0 rings (SSSR count). The van der Waals surface area contributed by atoms with Crippen molar-refractivity contribution in [2.45, 2.75) is 13.8 Å². The van der Waals surface area contributed by atoms with Crippen molar-refractivity contribution in [3.8, 4) is 0 Å². The third-order valence-corrected chi connectivity index (χ3v) is 0.513. The van der Waals surface area contributed by atoms with E-state index in [2.05, 4.69) is 4.84 Å². The third-order valence-electron chi connectivity index (χ3n) is 0.513. The lowest BCUT2D eigenvalue weighted by Crippen LogP contribution is -2.06. The molecule has 0 saturated heterocycles. The highest BCUT2D eigenvalue weighted by Crippen LogP contribution is 1.90. The molecule has 0 heterocycles. The van der Waals surface area contributed by atoms with Gasteiger partial charge in [-0.1, -0.05) is 13.8 Å².